The molecule has 0 radical (unpaired) electrons. The zero-order valence-electron chi connectivity index (χ0n) is 10.8. The van der Waals surface area contributed by atoms with Crippen LogP contribution in [0.5, 0.6) is 0 Å². The summed E-state index contributed by atoms with van der Waals surface area (Å²) in [5.41, 5.74) is 5.86. The third-order valence-corrected chi connectivity index (χ3v) is 3.76. The second-order valence-electron chi connectivity index (χ2n) is 5.31. The normalized spacial score (nSPS) is 18.6. The fourth-order valence-electron chi connectivity index (χ4n) is 2.70. The summed E-state index contributed by atoms with van der Waals surface area (Å²) in [6, 6.07) is 0. The lowest BCUT2D eigenvalue weighted by Gasteiger charge is -2.32. The Bertz CT molecular complexity index is 573. The van der Waals surface area contributed by atoms with Crippen LogP contribution in [-0.2, 0) is 0 Å². The van der Waals surface area contributed by atoms with Crippen molar-refractivity contribution in [3.05, 3.63) is 18.6 Å². The molecule has 6 nitrogen and oxygen atoms in total. The standard InChI is InChI=1S/C13H19N5O/c14-10-8-18-7-6-15-12(18)11(17-10)16-9-13(19)4-2-1-3-5-13/h6-8,19H,1-5,9,14H2,(H,16,17). The molecule has 2 heterocycles. The average molecular weight is 261 g/mol. The highest BCUT2D eigenvalue weighted by Crippen LogP contribution is 2.28. The number of nitrogens with one attached hydrogen (secondary N) is 1. The number of nitrogen functional groups attached to an aromatic ring is 1. The van der Waals surface area contributed by atoms with Crippen molar-refractivity contribution < 1.29 is 5.11 Å². The molecule has 0 bridgehead atoms. The SMILES string of the molecule is Nc1cn2ccnc2c(NCC2(O)CCCCC2)n1. The molecule has 0 saturated heterocycles. The second-order valence-corrected chi connectivity index (χ2v) is 5.31. The van der Waals surface area contributed by atoms with Gasteiger partial charge in [0.05, 0.1) is 11.8 Å². The molecule has 1 saturated carbocycles. The number of aliphatic hydroxyl groups is 1. The molecule has 2 aromatic heterocycles. The molecule has 102 valence electrons. The summed E-state index contributed by atoms with van der Waals surface area (Å²) in [6.07, 6.45) is 10.3. The van der Waals surface area contributed by atoms with Crippen molar-refractivity contribution in [1.29, 1.82) is 0 Å². The van der Waals surface area contributed by atoms with Gasteiger partial charge in [-0.3, -0.25) is 0 Å². The van der Waals surface area contributed by atoms with Gasteiger partial charge in [0.1, 0.15) is 5.82 Å². The first-order valence-corrected chi connectivity index (χ1v) is 6.72. The van der Waals surface area contributed by atoms with Crippen molar-refractivity contribution in [3.8, 4) is 0 Å². The minimum atomic E-state index is -0.631. The van der Waals surface area contributed by atoms with E-state index in [4.69, 9.17) is 5.73 Å². The predicted octanol–water partition coefficient (Wildman–Crippen LogP) is 1.42. The maximum Gasteiger partial charge on any atom is 0.180 e. The van der Waals surface area contributed by atoms with E-state index < -0.39 is 5.60 Å². The van der Waals surface area contributed by atoms with Crippen molar-refractivity contribution in [2.24, 2.45) is 0 Å². The summed E-state index contributed by atoms with van der Waals surface area (Å²) in [5, 5.41) is 13.7. The molecule has 3 rings (SSSR count). The molecule has 0 atom stereocenters. The van der Waals surface area contributed by atoms with E-state index in [0.29, 0.717) is 18.2 Å². The topological polar surface area (TPSA) is 88.5 Å². The molecule has 0 amide bonds. The van der Waals surface area contributed by atoms with Crippen LogP contribution in [0.1, 0.15) is 32.1 Å². The number of hydrogen-bond acceptors (Lipinski definition) is 5. The van der Waals surface area contributed by atoms with E-state index >= 15 is 0 Å². The first-order valence-electron chi connectivity index (χ1n) is 6.72. The highest BCUT2D eigenvalue weighted by atomic mass is 16.3. The lowest BCUT2D eigenvalue weighted by atomic mass is 9.85. The maximum absolute atomic E-state index is 10.5. The highest BCUT2D eigenvalue weighted by molar-refractivity contribution is 5.64. The number of anilines is 2. The van der Waals surface area contributed by atoms with Crippen LogP contribution < -0.4 is 11.1 Å². The maximum atomic E-state index is 10.5. The Morgan fingerprint density at radius 1 is 1.37 bits per heavy atom. The minimum Gasteiger partial charge on any atom is -0.388 e. The van der Waals surface area contributed by atoms with E-state index in [1.165, 1.54) is 6.42 Å². The summed E-state index contributed by atoms with van der Waals surface area (Å²) in [5.74, 6) is 1.06. The van der Waals surface area contributed by atoms with E-state index in [-0.39, 0.29) is 0 Å². The molecule has 0 aromatic carbocycles. The van der Waals surface area contributed by atoms with Crippen LogP contribution in [0.25, 0.3) is 5.65 Å². The zero-order chi connectivity index (χ0) is 13.3. The molecular weight excluding hydrogens is 242 g/mol. The monoisotopic (exact) mass is 261 g/mol. The first-order chi connectivity index (χ1) is 9.16. The van der Waals surface area contributed by atoms with Crippen molar-refractivity contribution in [2.45, 2.75) is 37.7 Å². The number of nitrogens with two attached hydrogens (primary N) is 1. The summed E-state index contributed by atoms with van der Waals surface area (Å²) in [4.78, 5) is 8.51. The van der Waals surface area contributed by atoms with Gasteiger partial charge in [-0.15, -0.1) is 0 Å². The van der Waals surface area contributed by atoms with Gasteiger partial charge in [0.15, 0.2) is 11.5 Å². The first kappa shape index (κ1) is 12.2. The van der Waals surface area contributed by atoms with Gasteiger partial charge in [-0.1, -0.05) is 19.3 Å². The number of aromatic nitrogens is 3. The number of hydrogen-bond donors (Lipinski definition) is 3. The summed E-state index contributed by atoms with van der Waals surface area (Å²) in [7, 11) is 0. The quantitative estimate of drug-likeness (QED) is 0.777. The Hall–Kier alpha value is -1.82. The molecule has 6 heteroatoms. The minimum absolute atomic E-state index is 0.434. The molecule has 1 aliphatic rings. The Morgan fingerprint density at radius 3 is 2.95 bits per heavy atom. The van der Waals surface area contributed by atoms with E-state index in [0.717, 1.165) is 31.3 Å². The lowest BCUT2D eigenvalue weighted by Crippen LogP contribution is -2.39. The average Bonchev–Trinajstić information content (AvgIpc) is 2.85. The van der Waals surface area contributed by atoms with Gasteiger partial charge in [0.25, 0.3) is 0 Å². The van der Waals surface area contributed by atoms with Crippen molar-refractivity contribution in [1.82, 2.24) is 14.4 Å². The number of rotatable bonds is 3. The molecule has 2 aromatic rings. The number of imidazole rings is 1. The number of fused-ring (bicyclic) bond motifs is 1. The molecule has 0 unspecified atom stereocenters. The molecular formula is C13H19N5O. The Labute approximate surface area is 111 Å². The van der Waals surface area contributed by atoms with Gasteiger partial charge >= 0.3 is 0 Å². The molecule has 0 spiro atoms. The van der Waals surface area contributed by atoms with Crippen LogP contribution in [-0.4, -0.2) is 31.6 Å². The Balaban J connectivity index is 1.79. The van der Waals surface area contributed by atoms with Gasteiger partial charge in [-0.05, 0) is 12.8 Å². The van der Waals surface area contributed by atoms with Crippen LogP contribution in [0, 0.1) is 0 Å². The van der Waals surface area contributed by atoms with Gasteiger partial charge < -0.3 is 20.6 Å². The summed E-state index contributed by atoms with van der Waals surface area (Å²) < 4.78 is 1.83. The van der Waals surface area contributed by atoms with Crippen LogP contribution in [0.15, 0.2) is 18.6 Å². The molecule has 0 aliphatic heterocycles. The van der Waals surface area contributed by atoms with Crippen LogP contribution in [0.4, 0.5) is 11.6 Å². The van der Waals surface area contributed by atoms with Crippen molar-refractivity contribution >= 4 is 17.3 Å². The predicted molar refractivity (Wildman–Crippen MR) is 73.9 cm³/mol. The number of nitrogens with zero attached hydrogens (tertiary/aromatic N) is 3. The van der Waals surface area contributed by atoms with Crippen LogP contribution in [0.3, 0.4) is 0 Å². The lowest BCUT2D eigenvalue weighted by molar-refractivity contribution is 0.0167. The molecule has 1 aliphatic carbocycles. The largest absolute Gasteiger partial charge is 0.388 e. The van der Waals surface area contributed by atoms with Crippen LogP contribution >= 0.6 is 0 Å². The van der Waals surface area contributed by atoms with Gasteiger partial charge in [-0.25, -0.2) is 9.97 Å². The van der Waals surface area contributed by atoms with Crippen LogP contribution in [0.2, 0.25) is 0 Å². The Kier molecular flexibility index (Phi) is 3.02. The van der Waals surface area contributed by atoms with E-state index in [1.54, 1.807) is 12.4 Å². The molecule has 4 N–H and O–H groups in total. The molecule has 19 heavy (non-hydrogen) atoms. The smallest absolute Gasteiger partial charge is 0.180 e. The zero-order valence-corrected chi connectivity index (χ0v) is 10.8. The highest BCUT2D eigenvalue weighted by Gasteiger charge is 2.29. The van der Waals surface area contributed by atoms with E-state index in [1.807, 2.05) is 10.6 Å². The van der Waals surface area contributed by atoms with E-state index in [2.05, 4.69) is 15.3 Å². The van der Waals surface area contributed by atoms with Crippen molar-refractivity contribution in [2.75, 3.05) is 17.6 Å². The van der Waals surface area contributed by atoms with Crippen molar-refractivity contribution in [3.63, 3.8) is 0 Å². The fraction of sp³-hybridized carbons (Fsp3) is 0.538. The van der Waals surface area contributed by atoms with Gasteiger partial charge in [0, 0.05) is 18.9 Å². The van der Waals surface area contributed by atoms with Gasteiger partial charge in [0.2, 0.25) is 0 Å². The summed E-state index contributed by atoms with van der Waals surface area (Å²) >= 11 is 0. The van der Waals surface area contributed by atoms with E-state index in [9.17, 15) is 5.11 Å². The third-order valence-electron chi connectivity index (χ3n) is 3.76. The third kappa shape index (κ3) is 2.49. The fourth-order valence-corrected chi connectivity index (χ4v) is 2.70. The molecule has 1 fully saturated rings. The van der Waals surface area contributed by atoms with Gasteiger partial charge in [-0.2, -0.15) is 0 Å². The second kappa shape index (κ2) is 4.70. The Morgan fingerprint density at radius 2 is 2.16 bits per heavy atom. The summed E-state index contributed by atoms with van der Waals surface area (Å²) in [6.45, 7) is 0.492.